The summed E-state index contributed by atoms with van der Waals surface area (Å²) in [6, 6.07) is 34.2. The van der Waals surface area contributed by atoms with Crippen molar-refractivity contribution < 1.29 is 19.1 Å². The van der Waals surface area contributed by atoms with Crippen molar-refractivity contribution in [3.63, 3.8) is 0 Å². The van der Waals surface area contributed by atoms with Crippen LogP contribution in [-0.2, 0) is 20.9 Å². The number of nitrogens with two attached hydrogens (primary N) is 1. The second-order valence-electron chi connectivity index (χ2n) is 13.3. The maximum absolute atomic E-state index is 14.8. The third-order valence-electron chi connectivity index (χ3n) is 9.86. The van der Waals surface area contributed by atoms with Crippen molar-refractivity contribution in [2.75, 3.05) is 16.3 Å². The molecule has 49 heavy (non-hydrogen) atoms. The third-order valence-corrected chi connectivity index (χ3v) is 9.86. The molecule has 1 aliphatic heterocycles. The zero-order valence-corrected chi connectivity index (χ0v) is 28.2. The fourth-order valence-electron chi connectivity index (χ4n) is 7.01. The highest BCUT2D eigenvalue weighted by Gasteiger charge is 2.40. The summed E-state index contributed by atoms with van der Waals surface area (Å²) in [4.78, 5) is 45.7. The van der Waals surface area contributed by atoms with Crippen LogP contribution in [0.1, 0.15) is 57.4 Å². The van der Waals surface area contributed by atoms with E-state index in [4.69, 9.17) is 10.5 Å². The average Bonchev–Trinajstić information content (AvgIpc) is 3.20. The van der Waals surface area contributed by atoms with Crippen molar-refractivity contribution >= 4 is 34.8 Å². The minimum Gasteiger partial charge on any atom is -0.457 e. The van der Waals surface area contributed by atoms with Gasteiger partial charge in [-0.2, -0.15) is 0 Å². The lowest BCUT2D eigenvalue weighted by atomic mass is 9.73. The molecule has 8 heteroatoms. The molecule has 4 aromatic carbocycles. The topological polar surface area (TPSA) is 105 Å². The van der Waals surface area contributed by atoms with E-state index in [1.807, 2.05) is 109 Å². The van der Waals surface area contributed by atoms with Gasteiger partial charge in [-0.25, -0.2) is 0 Å². The maximum atomic E-state index is 14.8. The van der Waals surface area contributed by atoms with E-state index < -0.39 is 23.8 Å². The van der Waals surface area contributed by atoms with Crippen LogP contribution in [-0.4, -0.2) is 30.3 Å². The molecule has 3 amide bonds. The predicted octanol–water partition coefficient (Wildman–Crippen LogP) is 7.75. The van der Waals surface area contributed by atoms with Gasteiger partial charge in [0.15, 0.2) is 0 Å². The number of unbranched alkanes of at least 4 members (excludes halogenated alkanes) is 1. The summed E-state index contributed by atoms with van der Waals surface area (Å²) in [5, 5.41) is 3.16. The van der Waals surface area contributed by atoms with Crippen molar-refractivity contribution in [2.45, 2.75) is 64.5 Å². The smallest absolute Gasteiger partial charge is 0.251 e. The number of rotatable bonds is 14. The number of carbonyl (C=O) groups excluding carboxylic acids is 3. The van der Waals surface area contributed by atoms with Crippen LogP contribution in [0, 0.1) is 17.8 Å². The molecule has 1 aliphatic carbocycles. The van der Waals surface area contributed by atoms with Crippen LogP contribution in [0.3, 0.4) is 0 Å². The van der Waals surface area contributed by atoms with Gasteiger partial charge in [0.2, 0.25) is 11.8 Å². The van der Waals surface area contributed by atoms with E-state index in [1.165, 1.54) is 0 Å². The number of amides is 3. The lowest BCUT2D eigenvalue weighted by Crippen LogP contribution is -2.54. The van der Waals surface area contributed by atoms with Gasteiger partial charge in [-0.05, 0) is 72.9 Å². The van der Waals surface area contributed by atoms with Crippen LogP contribution >= 0.6 is 0 Å². The van der Waals surface area contributed by atoms with Crippen molar-refractivity contribution in [1.82, 2.24) is 5.32 Å². The first kappa shape index (κ1) is 33.8. The molecular formula is C41H46N4O4. The Labute approximate surface area is 289 Å². The Balaban J connectivity index is 1.34. The zero-order valence-electron chi connectivity index (χ0n) is 28.2. The molecule has 1 heterocycles. The lowest BCUT2D eigenvalue weighted by molar-refractivity contribution is -0.136. The van der Waals surface area contributed by atoms with Gasteiger partial charge in [-0.1, -0.05) is 99.7 Å². The molecule has 0 bridgehead atoms. The number of anilines is 3. The number of primary amides is 1. The fourth-order valence-corrected chi connectivity index (χ4v) is 7.01. The quantitative estimate of drug-likeness (QED) is 0.144. The number of ether oxygens (including phenoxy) is 1. The summed E-state index contributed by atoms with van der Waals surface area (Å²) >= 11 is 0. The Morgan fingerprint density at radius 2 is 1.53 bits per heavy atom. The maximum Gasteiger partial charge on any atom is 0.251 e. The molecule has 0 aromatic heterocycles. The van der Waals surface area contributed by atoms with Crippen LogP contribution < -0.4 is 25.6 Å². The number of hydrogen-bond acceptors (Lipinski definition) is 5. The Kier molecular flexibility index (Phi) is 10.9. The van der Waals surface area contributed by atoms with Crippen molar-refractivity contribution in [1.29, 1.82) is 0 Å². The minimum atomic E-state index is -0.882. The van der Waals surface area contributed by atoms with Gasteiger partial charge in [0.1, 0.15) is 17.5 Å². The molecule has 0 radical (unpaired) electrons. The van der Waals surface area contributed by atoms with E-state index in [0.29, 0.717) is 24.5 Å². The first-order valence-corrected chi connectivity index (χ1v) is 17.6. The van der Waals surface area contributed by atoms with Gasteiger partial charge in [0, 0.05) is 17.5 Å². The molecule has 254 valence electrons. The number of nitrogens with one attached hydrogen (secondary N) is 1. The molecule has 3 unspecified atom stereocenters. The molecule has 0 saturated heterocycles. The lowest BCUT2D eigenvalue weighted by Gasteiger charge is -2.34. The number of para-hydroxylation sites is 4. The zero-order chi connectivity index (χ0) is 34.2. The van der Waals surface area contributed by atoms with Crippen LogP contribution in [0.15, 0.2) is 109 Å². The molecule has 3 N–H and O–H groups in total. The van der Waals surface area contributed by atoms with Crippen LogP contribution in [0.5, 0.6) is 11.5 Å². The summed E-state index contributed by atoms with van der Waals surface area (Å²) in [6.07, 6.45) is 6.09. The Bertz CT molecular complexity index is 1730. The second kappa shape index (κ2) is 15.9. The first-order chi connectivity index (χ1) is 23.9. The number of benzene rings is 4. The molecule has 2 aliphatic rings. The Morgan fingerprint density at radius 1 is 0.857 bits per heavy atom. The number of nitrogens with zero attached hydrogens (tertiary/aromatic N) is 2. The van der Waals surface area contributed by atoms with E-state index in [1.54, 1.807) is 4.90 Å². The monoisotopic (exact) mass is 658 g/mol. The largest absolute Gasteiger partial charge is 0.457 e. The highest BCUT2D eigenvalue weighted by Crippen LogP contribution is 2.39. The average molecular weight is 659 g/mol. The summed E-state index contributed by atoms with van der Waals surface area (Å²) in [5.41, 5.74) is 9.34. The molecule has 3 atom stereocenters. The van der Waals surface area contributed by atoms with E-state index in [0.717, 1.165) is 60.5 Å². The standard InChI is InChI=1S/C41H46N4O4/c1-2-3-22-34(39(42)46)35(26-29-14-12-15-29)40(47)43-36-28-44(31-17-6-4-7-18-31)37-23-10-11-24-38(37)45(41(36)48)27-30-16-13-21-33(25-30)49-32-19-8-5-9-20-32/h4-11,13,16-21,23-25,29,34-36H,2-3,12,14-15,22,26-28H2,1H3,(H2,42,46)(H,43,47). The molecular weight excluding hydrogens is 612 g/mol. The minimum absolute atomic E-state index is 0.222. The summed E-state index contributed by atoms with van der Waals surface area (Å²) in [5.74, 6) is -0.332. The molecule has 6 rings (SSSR count). The van der Waals surface area contributed by atoms with Gasteiger partial charge >= 0.3 is 0 Å². The van der Waals surface area contributed by atoms with Gasteiger partial charge in [0.05, 0.1) is 24.5 Å². The predicted molar refractivity (Wildman–Crippen MR) is 194 cm³/mol. The van der Waals surface area contributed by atoms with Crippen LogP contribution in [0.4, 0.5) is 17.1 Å². The van der Waals surface area contributed by atoms with Crippen LogP contribution in [0.2, 0.25) is 0 Å². The van der Waals surface area contributed by atoms with Gasteiger partial charge in [0.25, 0.3) is 5.91 Å². The van der Waals surface area contributed by atoms with Gasteiger partial charge < -0.3 is 25.6 Å². The van der Waals surface area contributed by atoms with Gasteiger partial charge in [-0.15, -0.1) is 0 Å². The van der Waals surface area contributed by atoms with E-state index in [-0.39, 0.29) is 24.9 Å². The summed E-state index contributed by atoms with van der Waals surface area (Å²) in [7, 11) is 0. The summed E-state index contributed by atoms with van der Waals surface area (Å²) in [6.45, 7) is 2.56. The molecule has 0 spiro atoms. The van der Waals surface area contributed by atoms with Crippen molar-refractivity contribution in [3.8, 4) is 11.5 Å². The number of hydrogen-bond donors (Lipinski definition) is 2. The van der Waals surface area contributed by atoms with E-state index in [9.17, 15) is 14.4 Å². The molecule has 4 aromatic rings. The molecule has 1 saturated carbocycles. The highest BCUT2D eigenvalue weighted by atomic mass is 16.5. The molecule has 1 fully saturated rings. The van der Waals surface area contributed by atoms with E-state index in [2.05, 4.69) is 17.1 Å². The van der Waals surface area contributed by atoms with Crippen LogP contribution in [0.25, 0.3) is 0 Å². The SMILES string of the molecule is CCCCC(C(N)=O)C(CC1CCC1)C(=O)NC1CN(c2ccccc2)c2ccccc2N(Cc2cccc(Oc3ccccc3)c2)C1=O. The normalized spacial score (nSPS) is 17.3. The third kappa shape index (κ3) is 8.13. The van der Waals surface area contributed by atoms with Crippen molar-refractivity contribution in [3.05, 3.63) is 115 Å². The van der Waals surface area contributed by atoms with Gasteiger partial charge in [-0.3, -0.25) is 14.4 Å². The van der Waals surface area contributed by atoms with E-state index >= 15 is 0 Å². The summed E-state index contributed by atoms with van der Waals surface area (Å²) < 4.78 is 6.11. The number of carbonyl (C=O) groups is 3. The number of fused-ring (bicyclic) bond motifs is 1. The Morgan fingerprint density at radius 3 is 2.20 bits per heavy atom. The highest BCUT2D eigenvalue weighted by molar-refractivity contribution is 6.04. The second-order valence-corrected chi connectivity index (χ2v) is 13.3. The first-order valence-electron chi connectivity index (χ1n) is 17.6. The fraction of sp³-hybridized carbons (Fsp3) is 0.341. The molecule has 8 nitrogen and oxygen atoms in total. The Hall–Kier alpha value is -5.11. The van der Waals surface area contributed by atoms with Crippen molar-refractivity contribution in [2.24, 2.45) is 23.5 Å².